The molecule has 24 heavy (non-hydrogen) atoms. The van der Waals surface area contributed by atoms with Crippen LogP contribution in [0.4, 0.5) is 0 Å². The minimum Gasteiger partial charge on any atom is -0.0628 e. The van der Waals surface area contributed by atoms with Gasteiger partial charge in [-0.15, -0.1) is 0 Å². The van der Waals surface area contributed by atoms with Gasteiger partial charge in [0, 0.05) is 0 Å². The van der Waals surface area contributed by atoms with E-state index in [2.05, 4.69) is 104 Å². The Bertz CT molecular complexity index is 260. The maximum absolute atomic E-state index is 2.30. The van der Waals surface area contributed by atoms with Crippen LogP contribution in [0.25, 0.3) is 0 Å². The van der Waals surface area contributed by atoms with Crippen molar-refractivity contribution in [3.05, 3.63) is 0 Å². The zero-order valence-electron chi connectivity index (χ0n) is 20.4. The number of rotatable bonds is 3. The molecule has 0 saturated heterocycles. The Kier molecular flexibility index (Phi) is 14.8. The molecule has 150 valence electrons. The molecule has 0 aliphatic rings. The normalized spacial score (nSPS) is 12.8. The fourth-order valence-electron chi connectivity index (χ4n) is 1.95. The summed E-state index contributed by atoms with van der Waals surface area (Å²) in [6, 6.07) is 0. The summed E-state index contributed by atoms with van der Waals surface area (Å²) in [6.07, 6.45) is 4.04. The van der Waals surface area contributed by atoms with Gasteiger partial charge in [0.2, 0.25) is 0 Å². The van der Waals surface area contributed by atoms with Gasteiger partial charge in [0.1, 0.15) is 0 Å². The van der Waals surface area contributed by atoms with Gasteiger partial charge in [0.05, 0.1) is 0 Å². The van der Waals surface area contributed by atoms with Crippen LogP contribution in [-0.4, -0.2) is 0 Å². The molecule has 0 aromatic rings. The summed E-state index contributed by atoms with van der Waals surface area (Å²) in [4.78, 5) is 0. The van der Waals surface area contributed by atoms with E-state index in [1.54, 1.807) is 0 Å². The van der Waals surface area contributed by atoms with Crippen LogP contribution < -0.4 is 0 Å². The highest BCUT2D eigenvalue weighted by Gasteiger charge is 2.13. The van der Waals surface area contributed by atoms with Gasteiger partial charge in [-0.2, -0.15) is 0 Å². The first-order valence-electron chi connectivity index (χ1n) is 10.3. The fourth-order valence-corrected chi connectivity index (χ4v) is 1.95. The molecule has 0 unspecified atom stereocenters. The molecular weight excluding hydrogens is 288 g/mol. The zero-order valence-corrected chi connectivity index (χ0v) is 20.4. The summed E-state index contributed by atoms with van der Waals surface area (Å²) >= 11 is 0. The average Bonchev–Trinajstić information content (AvgIpc) is 2.22. The van der Waals surface area contributed by atoms with Crippen molar-refractivity contribution in [3.8, 4) is 0 Å². The smallest absolute Gasteiger partial charge is 0.0360 e. The lowest BCUT2D eigenvalue weighted by molar-refractivity contribution is 0.283. The van der Waals surface area contributed by atoms with Crippen molar-refractivity contribution in [1.29, 1.82) is 0 Å². The van der Waals surface area contributed by atoms with Crippen molar-refractivity contribution in [1.82, 2.24) is 0 Å². The fraction of sp³-hybridized carbons (Fsp3) is 1.00. The third-order valence-corrected chi connectivity index (χ3v) is 4.22. The van der Waals surface area contributed by atoms with E-state index in [1.165, 1.54) is 19.3 Å². The zero-order chi connectivity index (χ0) is 20.4. The third-order valence-electron chi connectivity index (χ3n) is 4.22. The predicted molar refractivity (Wildman–Crippen MR) is 117 cm³/mol. The van der Waals surface area contributed by atoms with Crippen molar-refractivity contribution in [2.45, 2.75) is 123 Å². The average molecular weight is 343 g/mol. The van der Waals surface area contributed by atoms with Crippen LogP contribution in [0, 0.1) is 34.0 Å². The van der Waals surface area contributed by atoms with E-state index in [9.17, 15) is 0 Å². The van der Waals surface area contributed by atoms with Gasteiger partial charge in [-0.3, -0.25) is 0 Å². The van der Waals surface area contributed by atoms with Gasteiger partial charge >= 0.3 is 0 Å². The Morgan fingerprint density at radius 2 is 0.875 bits per heavy atom. The van der Waals surface area contributed by atoms with Crippen molar-refractivity contribution >= 4 is 0 Å². The molecule has 0 spiro atoms. The van der Waals surface area contributed by atoms with Gasteiger partial charge in [-0.05, 0) is 46.8 Å². The van der Waals surface area contributed by atoms with E-state index in [1.807, 2.05) is 0 Å². The van der Waals surface area contributed by atoms with Gasteiger partial charge in [0.15, 0.2) is 0 Å². The van der Waals surface area contributed by atoms with Crippen LogP contribution in [0.2, 0.25) is 0 Å². The van der Waals surface area contributed by atoms with Crippen LogP contribution in [0.1, 0.15) is 123 Å². The second kappa shape index (κ2) is 12.4. The Morgan fingerprint density at radius 1 is 0.542 bits per heavy atom. The molecule has 0 aliphatic carbocycles. The van der Waals surface area contributed by atoms with Crippen LogP contribution in [0.5, 0.6) is 0 Å². The Hall–Kier alpha value is 0. The first-order valence-corrected chi connectivity index (χ1v) is 10.3. The maximum atomic E-state index is 2.30. The molecular formula is C24H54. The first-order chi connectivity index (χ1) is 10.3. The minimum absolute atomic E-state index is 0.500. The highest BCUT2D eigenvalue weighted by Crippen LogP contribution is 2.24. The van der Waals surface area contributed by atoms with E-state index < -0.39 is 0 Å². The molecule has 0 nitrogen and oxygen atoms in total. The lowest BCUT2D eigenvalue weighted by Gasteiger charge is -2.22. The van der Waals surface area contributed by atoms with Crippen molar-refractivity contribution in [2.24, 2.45) is 34.0 Å². The summed E-state index contributed by atoms with van der Waals surface area (Å²) in [5.74, 6) is 2.51. The summed E-state index contributed by atoms with van der Waals surface area (Å²) in [7, 11) is 0. The van der Waals surface area contributed by atoms with Crippen molar-refractivity contribution < 1.29 is 0 Å². The number of hydrogen-bond donors (Lipinski definition) is 0. The van der Waals surface area contributed by atoms with E-state index in [-0.39, 0.29) is 0 Å². The van der Waals surface area contributed by atoms with Crippen LogP contribution >= 0.6 is 0 Å². The lowest BCUT2D eigenvalue weighted by atomic mass is 9.84. The summed E-state index contributed by atoms with van der Waals surface area (Å²) in [5, 5.41) is 0. The van der Waals surface area contributed by atoms with E-state index in [0.717, 1.165) is 17.8 Å². The molecule has 0 aromatic heterocycles. The molecule has 0 aromatic carbocycles. The van der Waals surface area contributed by atoms with Crippen LogP contribution in [0.3, 0.4) is 0 Å². The molecule has 0 amide bonds. The molecule has 0 saturated carbocycles. The second-order valence-electron chi connectivity index (χ2n) is 12.2. The summed E-state index contributed by atoms with van der Waals surface area (Å²) < 4.78 is 0. The van der Waals surface area contributed by atoms with Gasteiger partial charge in [-0.1, -0.05) is 110 Å². The molecule has 0 rings (SSSR count). The molecule has 0 N–H and O–H groups in total. The van der Waals surface area contributed by atoms with Crippen LogP contribution in [-0.2, 0) is 0 Å². The Balaban J connectivity index is -0.000000278. The minimum atomic E-state index is 0.500. The second-order valence-corrected chi connectivity index (χ2v) is 12.2. The van der Waals surface area contributed by atoms with Gasteiger partial charge in [0.25, 0.3) is 0 Å². The van der Waals surface area contributed by atoms with Crippen molar-refractivity contribution in [3.63, 3.8) is 0 Å². The monoisotopic (exact) mass is 342 g/mol. The highest BCUT2D eigenvalue weighted by atomic mass is 14.2. The maximum Gasteiger partial charge on any atom is -0.0360 e. The standard InChI is InChI=1S/C9H20.C8H18.C7H16/c1-8(2)6-7-9(3,4)5;1-7(2)6-8(3,4)5;1-6(2)7(3,4)5/h8H,6-7H2,1-5H3;7H,6H2,1-5H3;6H,1-5H3. The lowest BCUT2D eigenvalue weighted by Crippen LogP contribution is -2.12. The summed E-state index contributed by atoms with van der Waals surface area (Å²) in [6.45, 7) is 34.1. The predicted octanol–water partition coefficient (Wildman–Crippen LogP) is 9.24. The molecule has 0 heteroatoms. The third kappa shape index (κ3) is 33.6. The molecule has 0 heterocycles. The van der Waals surface area contributed by atoms with Gasteiger partial charge < -0.3 is 0 Å². The largest absolute Gasteiger partial charge is 0.0628 e. The topological polar surface area (TPSA) is 0 Å². The van der Waals surface area contributed by atoms with Crippen molar-refractivity contribution in [2.75, 3.05) is 0 Å². The first kappa shape index (κ1) is 28.8. The van der Waals surface area contributed by atoms with E-state index in [0.29, 0.717) is 16.2 Å². The van der Waals surface area contributed by atoms with Gasteiger partial charge in [-0.25, -0.2) is 0 Å². The van der Waals surface area contributed by atoms with E-state index in [4.69, 9.17) is 0 Å². The Morgan fingerprint density at radius 3 is 0.917 bits per heavy atom. The molecule has 0 aliphatic heterocycles. The quantitative estimate of drug-likeness (QED) is 0.479. The molecule has 0 radical (unpaired) electrons. The SMILES string of the molecule is CC(C)C(C)(C)C.CC(C)CC(C)(C)C.CC(C)CCC(C)(C)C. The molecule has 0 bridgehead atoms. The van der Waals surface area contributed by atoms with Crippen LogP contribution in [0.15, 0.2) is 0 Å². The number of hydrogen-bond acceptors (Lipinski definition) is 0. The Labute approximate surface area is 157 Å². The van der Waals surface area contributed by atoms with E-state index >= 15 is 0 Å². The molecule has 0 atom stereocenters. The summed E-state index contributed by atoms with van der Waals surface area (Å²) in [5.41, 5.74) is 1.55. The highest BCUT2D eigenvalue weighted by molar-refractivity contribution is 4.64. The molecule has 0 fully saturated rings.